The second kappa shape index (κ2) is 7.28. The van der Waals surface area contributed by atoms with Crippen LogP contribution in [-0.4, -0.2) is 39.2 Å². The fraction of sp³-hybridized carbons (Fsp3) is 0.533. The van der Waals surface area contributed by atoms with Crippen molar-refractivity contribution in [3.8, 4) is 0 Å². The maximum Gasteiger partial charge on any atom is 0.0964 e. The number of rotatable bonds is 9. The molecule has 2 aromatic rings. The number of hydrogen-bond acceptors (Lipinski definition) is 5. The second-order valence-corrected chi connectivity index (χ2v) is 5.31. The summed E-state index contributed by atoms with van der Waals surface area (Å²) in [6.45, 7) is 2.87. The summed E-state index contributed by atoms with van der Waals surface area (Å²) < 4.78 is 7.45. The molecule has 0 spiro atoms. The van der Waals surface area contributed by atoms with Crippen molar-refractivity contribution in [2.24, 2.45) is 0 Å². The molecule has 0 saturated heterocycles. The number of hydrogen-bond donors (Lipinski definition) is 1. The van der Waals surface area contributed by atoms with E-state index in [0.717, 1.165) is 30.9 Å². The van der Waals surface area contributed by atoms with Crippen LogP contribution in [0.25, 0.3) is 0 Å². The van der Waals surface area contributed by atoms with Gasteiger partial charge in [0.2, 0.25) is 0 Å². The zero-order chi connectivity index (χ0) is 14.3. The molecule has 0 unspecified atom stereocenters. The van der Waals surface area contributed by atoms with Gasteiger partial charge in [-0.05, 0) is 25.0 Å². The van der Waals surface area contributed by atoms with E-state index in [1.165, 1.54) is 12.8 Å². The number of aromatic nitrogens is 4. The molecular formula is C15H21N5O. The predicted octanol–water partition coefficient (Wildman–Crippen LogP) is 1.18. The first kappa shape index (κ1) is 14.2. The molecule has 1 saturated carbocycles. The maximum atomic E-state index is 5.61. The Bertz CT molecular complexity index is 538. The van der Waals surface area contributed by atoms with Crippen molar-refractivity contribution in [1.82, 2.24) is 25.3 Å². The summed E-state index contributed by atoms with van der Waals surface area (Å²) in [6, 6.07) is 6.63. The van der Waals surface area contributed by atoms with Crippen LogP contribution in [0, 0.1) is 0 Å². The molecule has 0 radical (unpaired) electrons. The predicted molar refractivity (Wildman–Crippen MR) is 78.6 cm³/mol. The first-order valence-corrected chi connectivity index (χ1v) is 7.50. The number of pyridine rings is 1. The Kier molecular flexibility index (Phi) is 4.91. The Morgan fingerprint density at radius 2 is 2.19 bits per heavy atom. The van der Waals surface area contributed by atoms with E-state index in [1.807, 2.05) is 35.3 Å². The summed E-state index contributed by atoms with van der Waals surface area (Å²) in [7, 11) is 0. The van der Waals surface area contributed by atoms with Crippen LogP contribution in [0.4, 0.5) is 0 Å². The van der Waals surface area contributed by atoms with E-state index in [0.29, 0.717) is 19.3 Å². The number of nitrogens with one attached hydrogen (secondary N) is 1. The summed E-state index contributed by atoms with van der Waals surface area (Å²) in [5, 5.41) is 11.7. The molecule has 6 heteroatoms. The lowest BCUT2D eigenvalue weighted by molar-refractivity contribution is 0.125. The Hall–Kier alpha value is -1.79. The summed E-state index contributed by atoms with van der Waals surface area (Å²) >= 11 is 0. The topological polar surface area (TPSA) is 64.9 Å². The third kappa shape index (κ3) is 4.91. The van der Waals surface area contributed by atoms with Crippen LogP contribution >= 0.6 is 0 Å². The lowest BCUT2D eigenvalue weighted by Gasteiger charge is -2.03. The standard InChI is InChI=1S/C15H21N5O/c1-2-7-16-13(3-1)6-9-21-10-8-20-12-15(18-19-20)11-17-14-4-5-14/h1-3,7,12,14,17H,4-6,8-11H2. The smallest absolute Gasteiger partial charge is 0.0964 e. The summed E-state index contributed by atoms with van der Waals surface area (Å²) in [5.74, 6) is 0. The highest BCUT2D eigenvalue weighted by Crippen LogP contribution is 2.18. The van der Waals surface area contributed by atoms with Gasteiger partial charge in [0.1, 0.15) is 0 Å². The van der Waals surface area contributed by atoms with Crippen LogP contribution in [0.1, 0.15) is 24.2 Å². The van der Waals surface area contributed by atoms with E-state index in [-0.39, 0.29) is 0 Å². The first-order valence-electron chi connectivity index (χ1n) is 7.50. The van der Waals surface area contributed by atoms with Crippen molar-refractivity contribution >= 4 is 0 Å². The van der Waals surface area contributed by atoms with Gasteiger partial charge in [0.15, 0.2) is 0 Å². The SMILES string of the molecule is c1ccc(CCOCCn2cc(CNC3CC3)nn2)nc1. The molecular weight excluding hydrogens is 266 g/mol. The van der Waals surface area contributed by atoms with Gasteiger partial charge in [-0.2, -0.15) is 0 Å². The second-order valence-electron chi connectivity index (χ2n) is 5.31. The van der Waals surface area contributed by atoms with Gasteiger partial charge < -0.3 is 10.1 Å². The fourth-order valence-electron chi connectivity index (χ4n) is 2.05. The Balaban J connectivity index is 1.30. The van der Waals surface area contributed by atoms with Gasteiger partial charge >= 0.3 is 0 Å². The number of nitrogens with zero attached hydrogens (tertiary/aromatic N) is 4. The first-order chi connectivity index (χ1) is 10.4. The highest BCUT2D eigenvalue weighted by Gasteiger charge is 2.20. The molecule has 1 N–H and O–H groups in total. The fourth-order valence-corrected chi connectivity index (χ4v) is 2.05. The van der Waals surface area contributed by atoms with E-state index >= 15 is 0 Å². The Morgan fingerprint density at radius 1 is 1.24 bits per heavy atom. The minimum absolute atomic E-state index is 0.645. The molecule has 21 heavy (non-hydrogen) atoms. The molecule has 1 aliphatic rings. The van der Waals surface area contributed by atoms with Crippen molar-refractivity contribution in [2.45, 2.75) is 38.4 Å². The molecule has 2 aromatic heterocycles. The summed E-state index contributed by atoms with van der Waals surface area (Å²) in [5.41, 5.74) is 2.06. The lowest BCUT2D eigenvalue weighted by atomic mass is 10.3. The van der Waals surface area contributed by atoms with Gasteiger partial charge in [0.25, 0.3) is 0 Å². The average Bonchev–Trinajstić information content (AvgIpc) is 3.25. The van der Waals surface area contributed by atoms with E-state index in [1.54, 1.807) is 0 Å². The van der Waals surface area contributed by atoms with E-state index < -0.39 is 0 Å². The molecule has 112 valence electrons. The largest absolute Gasteiger partial charge is 0.379 e. The highest BCUT2D eigenvalue weighted by molar-refractivity contribution is 5.03. The van der Waals surface area contributed by atoms with Crippen molar-refractivity contribution < 1.29 is 4.74 Å². The van der Waals surface area contributed by atoms with Crippen molar-refractivity contribution in [1.29, 1.82) is 0 Å². The molecule has 0 aliphatic heterocycles. The molecule has 0 amide bonds. The number of ether oxygens (including phenoxy) is 1. The zero-order valence-electron chi connectivity index (χ0n) is 12.1. The molecule has 3 rings (SSSR count). The van der Waals surface area contributed by atoms with Crippen molar-refractivity contribution in [2.75, 3.05) is 13.2 Å². The molecule has 0 aromatic carbocycles. The van der Waals surface area contributed by atoms with Crippen LogP contribution in [0.3, 0.4) is 0 Å². The summed E-state index contributed by atoms with van der Waals surface area (Å²) in [6.07, 6.45) is 7.21. The third-order valence-corrected chi connectivity index (χ3v) is 3.43. The van der Waals surface area contributed by atoms with Gasteiger partial charge in [-0.1, -0.05) is 11.3 Å². The Labute approximate surface area is 124 Å². The minimum atomic E-state index is 0.645. The summed E-state index contributed by atoms with van der Waals surface area (Å²) in [4.78, 5) is 4.26. The monoisotopic (exact) mass is 287 g/mol. The molecule has 0 atom stereocenters. The van der Waals surface area contributed by atoms with Crippen LogP contribution < -0.4 is 5.32 Å². The van der Waals surface area contributed by atoms with Crippen molar-refractivity contribution in [3.05, 3.63) is 42.0 Å². The molecule has 0 bridgehead atoms. The molecule has 1 fully saturated rings. The van der Waals surface area contributed by atoms with Gasteiger partial charge in [0, 0.05) is 37.1 Å². The normalized spacial score (nSPS) is 14.5. The molecule has 1 aliphatic carbocycles. The lowest BCUT2D eigenvalue weighted by Crippen LogP contribution is -2.15. The van der Waals surface area contributed by atoms with Crippen molar-refractivity contribution in [3.63, 3.8) is 0 Å². The van der Waals surface area contributed by atoms with Gasteiger partial charge in [-0.15, -0.1) is 5.10 Å². The van der Waals surface area contributed by atoms with Crippen LogP contribution in [-0.2, 0) is 24.2 Å². The van der Waals surface area contributed by atoms with Gasteiger partial charge in [-0.25, -0.2) is 4.68 Å². The van der Waals surface area contributed by atoms with E-state index in [4.69, 9.17) is 4.74 Å². The van der Waals surface area contributed by atoms with Crippen LogP contribution in [0.5, 0.6) is 0 Å². The zero-order valence-corrected chi connectivity index (χ0v) is 12.1. The average molecular weight is 287 g/mol. The quantitative estimate of drug-likeness (QED) is 0.702. The van der Waals surface area contributed by atoms with Gasteiger partial charge in [0.05, 0.1) is 25.5 Å². The van der Waals surface area contributed by atoms with Crippen LogP contribution in [0.15, 0.2) is 30.6 Å². The Morgan fingerprint density at radius 3 is 3.00 bits per heavy atom. The molecule has 2 heterocycles. The third-order valence-electron chi connectivity index (χ3n) is 3.43. The molecule has 6 nitrogen and oxygen atoms in total. The van der Waals surface area contributed by atoms with Gasteiger partial charge in [-0.3, -0.25) is 4.98 Å². The van der Waals surface area contributed by atoms with E-state index in [9.17, 15) is 0 Å². The maximum absolute atomic E-state index is 5.61. The highest BCUT2D eigenvalue weighted by atomic mass is 16.5. The minimum Gasteiger partial charge on any atom is -0.379 e. The van der Waals surface area contributed by atoms with Crippen LogP contribution in [0.2, 0.25) is 0 Å². The van der Waals surface area contributed by atoms with E-state index in [2.05, 4.69) is 20.6 Å².